The second-order valence-corrected chi connectivity index (χ2v) is 8.66. The summed E-state index contributed by atoms with van der Waals surface area (Å²) < 4.78 is 31.9. The number of nitrogens with zero attached hydrogens (tertiary/aromatic N) is 1. The first-order valence-corrected chi connectivity index (χ1v) is 10.8. The van der Waals surface area contributed by atoms with Crippen molar-refractivity contribution in [2.45, 2.75) is 12.8 Å². The molecular formula is C20H22ClNO4S. The van der Waals surface area contributed by atoms with Crippen molar-refractivity contribution in [3.8, 4) is 11.5 Å². The summed E-state index contributed by atoms with van der Waals surface area (Å²) in [6.45, 7) is 2.22. The molecular weight excluding hydrogens is 386 g/mol. The van der Waals surface area contributed by atoms with E-state index < -0.39 is 10.1 Å². The molecule has 7 heteroatoms. The van der Waals surface area contributed by atoms with E-state index in [2.05, 4.69) is 24.1 Å². The maximum absolute atomic E-state index is 9.19. The van der Waals surface area contributed by atoms with Crippen LogP contribution in [-0.4, -0.2) is 44.3 Å². The molecule has 0 aromatic heterocycles. The first kappa shape index (κ1) is 19.9. The van der Waals surface area contributed by atoms with Gasteiger partial charge in [0.2, 0.25) is 0 Å². The zero-order chi connectivity index (χ0) is 19.6. The maximum atomic E-state index is 9.19. The number of likely N-dealkylation sites (tertiary alicyclic amines) is 1. The summed E-state index contributed by atoms with van der Waals surface area (Å²) >= 11 is 6.24. The first-order chi connectivity index (χ1) is 12.7. The van der Waals surface area contributed by atoms with E-state index in [0.717, 1.165) is 48.0 Å². The van der Waals surface area contributed by atoms with Gasteiger partial charge in [0.1, 0.15) is 11.5 Å². The van der Waals surface area contributed by atoms with E-state index in [0.29, 0.717) is 6.26 Å². The quantitative estimate of drug-likeness (QED) is 0.556. The van der Waals surface area contributed by atoms with Crippen molar-refractivity contribution in [3.63, 3.8) is 0 Å². The number of hydrogen-bond acceptors (Lipinski definition) is 4. The Balaban J connectivity index is 0.000000376. The van der Waals surface area contributed by atoms with Gasteiger partial charge in [0.25, 0.3) is 10.1 Å². The highest BCUT2D eigenvalue weighted by Gasteiger charge is 2.26. The van der Waals surface area contributed by atoms with Crippen LogP contribution in [0.1, 0.15) is 24.0 Å². The molecule has 2 aromatic rings. The molecule has 0 saturated carbocycles. The predicted octanol–water partition coefficient (Wildman–Crippen LogP) is 4.48. The van der Waals surface area contributed by atoms with Crippen LogP contribution in [0, 0.1) is 0 Å². The van der Waals surface area contributed by atoms with E-state index >= 15 is 0 Å². The van der Waals surface area contributed by atoms with Crippen molar-refractivity contribution >= 4 is 27.3 Å². The summed E-state index contributed by atoms with van der Waals surface area (Å²) in [6.07, 6.45) is 2.92. The molecule has 0 amide bonds. The van der Waals surface area contributed by atoms with E-state index in [-0.39, 0.29) is 0 Å². The first-order valence-electron chi connectivity index (χ1n) is 8.62. The average Bonchev–Trinajstić information content (AvgIpc) is 2.59. The van der Waals surface area contributed by atoms with Gasteiger partial charge >= 0.3 is 0 Å². The van der Waals surface area contributed by atoms with Crippen molar-refractivity contribution in [2.24, 2.45) is 0 Å². The molecule has 2 aliphatic heterocycles. The van der Waals surface area contributed by atoms with Gasteiger partial charge in [-0.3, -0.25) is 4.55 Å². The summed E-state index contributed by atoms with van der Waals surface area (Å²) in [5, 5.41) is 0.757. The highest BCUT2D eigenvalue weighted by molar-refractivity contribution is 7.85. The minimum atomic E-state index is -3.67. The van der Waals surface area contributed by atoms with Crippen LogP contribution in [-0.2, 0) is 10.1 Å². The maximum Gasteiger partial charge on any atom is 0.261 e. The van der Waals surface area contributed by atoms with E-state index in [1.54, 1.807) is 0 Å². The Labute approximate surface area is 165 Å². The van der Waals surface area contributed by atoms with Gasteiger partial charge in [-0.15, -0.1) is 0 Å². The Morgan fingerprint density at radius 3 is 2.30 bits per heavy atom. The number of ether oxygens (including phenoxy) is 1. The minimum absolute atomic E-state index is 0.715. The molecule has 0 unspecified atom stereocenters. The molecule has 0 bridgehead atoms. The van der Waals surface area contributed by atoms with Gasteiger partial charge in [-0.2, -0.15) is 8.42 Å². The Morgan fingerprint density at radius 2 is 1.63 bits per heavy atom. The van der Waals surface area contributed by atoms with Crippen LogP contribution in [0.5, 0.6) is 11.5 Å². The van der Waals surface area contributed by atoms with Gasteiger partial charge in [-0.25, -0.2) is 0 Å². The molecule has 0 radical (unpaired) electrons. The Bertz CT molecular complexity index is 967. The fraction of sp³-hybridized carbons (Fsp3) is 0.300. The molecule has 5 nitrogen and oxygen atoms in total. The van der Waals surface area contributed by atoms with Gasteiger partial charge in [0.15, 0.2) is 0 Å². The van der Waals surface area contributed by atoms with Crippen LogP contribution in [0.15, 0.2) is 48.0 Å². The largest absolute Gasteiger partial charge is 0.456 e. The SMILES string of the molecule is CN1CCC(=C2c3ccccc3Oc3ccc(Cl)cc32)CC1.CS(=O)(=O)O. The van der Waals surface area contributed by atoms with E-state index in [1.807, 2.05) is 30.3 Å². The molecule has 1 saturated heterocycles. The molecule has 1 N–H and O–H groups in total. The summed E-state index contributed by atoms with van der Waals surface area (Å²) in [5.41, 5.74) is 5.16. The molecule has 2 aliphatic rings. The minimum Gasteiger partial charge on any atom is -0.456 e. The Morgan fingerprint density at radius 1 is 1.04 bits per heavy atom. The number of hydrogen-bond donors (Lipinski definition) is 1. The van der Waals surface area contributed by atoms with E-state index in [9.17, 15) is 8.42 Å². The zero-order valence-electron chi connectivity index (χ0n) is 15.3. The predicted molar refractivity (Wildman–Crippen MR) is 108 cm³/mol. The number of rotatable bonds is 0. The lowest BCUT2D eigenvalue weighted by molar-refractivity contribution is 0.313. The van der Waals surface area contributed by atoms with Crippen LogP contribution in [0.3, 0.4) is 0 Å². The highest BCUT2D eigenvalue weighted by Crippen LogP contribution is 2.46. The summed E-state index contributed by atoms with van der Waals surface area (Å²) in [6, 6.07) is 14.2. The molecule has 4 rings (SSSR count). The van der Waals surface area contributed by atoms with Crippen LogP contribution < -0.4 is 4.74 Å². The van der Waals surface area contributed by atoms with Crippen molar-refractivity contribution < 1.29 is 17.7 Å². The van der Waals surface area contributed by atoms with E-state index in [1.165, 1.54) is 16.7 Å². The molecule has 1 fully saturated rings. The molecule has 0 spiro atoms. The van der Waals surface area contributed by atoms with Gasteiger partial charge in [0, 0.05) is 29.2 Å². The molecule has 0 atom stereocenters. The topological polar surface area (TPSA) is 66.8 Å². The summed E-state index contributed by atoms with van der Waals surface area (Å²) in [5.74, 6) is 1.85. The summed E-state index contributed by atoms with van der Waals surface area (Å²) in [4.78, 5) is 2.38. The Hall–Kier alpha value is -1.86. The lowest BCUT2D eigenvalue weighted by Crippen LogP contribution is -2.27. The van der Waals surface area contributed by atoms with Crippen molar-refractivity contribution in [2.75, 3.05) is 26.4 Å². The van der Waals surface area contributed by atoms with Gasteiger partial charge in [-0.05, 0) is 49.7 Å². The molecule has 27 heavy (non-hydrogen) atoms. The van der Waals surface area contributed by atoms with Crippen LogP contribution in [0.25, 0.3) is 5.57 Å². The van der Waals surface area contributed by atoms with Crippen LogP contribution in [0.2, 0.25) is 5.02 Å². The smallest absolute Gasteiger partial charge is 0.261 e. The number of piperidine rings is 1. The fourth-order valence-electron chi connectivity index (χ4n) is 3.33. The second-order valence-electron chi connectivity index (χ2n) is 6.75. The fourth-order valence-corrected chi connectivity index (χ4v) is 3.50. The monoisotopic (exact) mass is 407 g/mol. The van der Waals surface area contributed by atoms with E-state index in [4.69, 9.17) is 20.9 Å². The molecule has 2 heterocycles. The molecule has 144 valence electrons. The van der Waals surface area contributed by atoms with Gasteiger partial charge in [0.05, 0.1) is 6.26 Å². The highest BCUT2D eigenvalue weighted by atomic mass is 35.5. The lowest BCUT2D eigenvalue weighted by Gasteiger charge is -2.30. The molecule has 2 aromatic carbocycles. The molecule has 0 aliphatic carbocycles. The van der Waals surface area contributed by atoms with Crippen molar-refractivity contribution in [1.29, 1.82) is 0 Å². The number of fused-ring (bicyclic) bond motifs is 2. The summed E-state index contributed by atoms with van der Waals surface area (Å²) in [7, 11) is -1.48. The number of para-hydroxylation sites is 1. The van der Waals surface area contributed by atoms with Crippen LogP contribution >= 0.6 is 11.6 Å². The van der Waals surface area contributed by atoms with Crippen molar-refractivity contribution in [3.05, 3.63) is 64.2 Å². The third-order valence-electron chi connectivity index (χ3n) is 4.53. The third-order valence-corrected chi connectivity index (χ3v) is 4.77. The lowest BCUT2D eigenvalue weighted by atomic mass is 9.86. The number of halogens is 1. The normalized spacial score (nSPS) is 16.6. The zero-order valence-corrected chi connectivity index (χ0v) is 16.8. The number of benzene rings is 2. The average molecular weight is 408 g/mol. The standard InChI is InChI=1S/C19H18ClNO.CH4O3S/c1-21-10-8-13(9-11-21)19-15-4-2-3-5-17(15)22-18-7-6-14(20)12-16(18)19;1-5(2,3)4/h2-7,12H,8-11H2,1H3;1H3,(H,2,3,4). The van der Waals surface area contributed by atoms with Crippen molar-refractivity contribution in [1.82, 2.24) is 4.90 Å². The van der Waals surface area contributed by atoms with Crippen LogP contribution in [0.4, 0.5) is 0 Å². The Kier molecular flexibility index (Phi) is 5.91. The van der Waals surface area contributed by atoms with Gasteiger partial charge < -0.3 is 9.64 Å². The third kappa shape index (κ3) is 5.11. The van der Waals surface area contributed by atoms with Gasteiger partial charge in [-0.1, -0.05) is 35.4 Å². The second kappa shape index (κ2) is 8.02.